The zero-order chi connectivity index (χ0) is 16.9. The number of rotatable bonds is 6. The van der Waals surface area contributed by atoms with Crippen LogP contribution in [0.2, 0.25) is 0 Å². The SMILES string of the molecule is COc1cc(OC)nc(N(C)Cc2cc(-c3ccncc3)no2)n1. The minimum Gasteiger partial charge on any atom is -0.481 e. The molecular weight excluding hydrogens is 310 g/mol. The molecule has 0 saturated heterocycles. The maximum absolute atomic E-state index is 5.39. The third-order valence-corrected chi connectivity index (χ3v) is 3.36. The summed E-state index contributed by atoms with van der Waals surface area (Å²) in [6.45, 7) is 0.453. The van der Waals surface area contributed by atoms with Crippen LogP contribution in [0, 0.1) is 0 Å². The van der Waals surface area contributed by atoms with Crippen LogP contribution < -0.4 is 14.4 Å². The molecule has 0 bridgehead atoms. The Labute approximate surface area is 139 Å². The Morgan fingerprint density at radius 1 is 1.04 bits per heavy atom. The van der Waals surface area contributed by atoms with Crippen molar-refractivity contribution in [3.05, 3.63) is 42.4 Å². The third kappa shape index (κ3) is 3.43. The third-order valence-electron chi connectivity index (χ3n) is 3.36. The second kappa shape index (κ2) is 6.95. The highest BCUT2D eigenvalue weighted by atomic mass is 16.5. The smallest absolute Gasteiger partial charge is 0.232 e. The summed E-state index contributed by atoms with van der Waals surface area (Å²) in [4.78, 5) is 14.4. The van der Waals surface area contributed by atoms with Crippen LogP contribution in [0.5, 0.6) is 11.8 Å². The fourth-order valence-corrected chi connectivity index (χ4v) is 2.12. The lowest BCUT2D eigenvalue weighted by Crippen LogP contribution is -2.19. The molecular formula is C16H17N5O3. The van der Waals surface area contributed by atoms with Crippen molar-refractivity contribution in [2.24, 2.45) is 0 Å². The van der Waals surface area contributed by atoms with Gasteiger partial charge in [-0.15, -0.1) is 0 Å². The van der Waals surface area contributed by atoms with Crippen molar-refractivity contribution < 1.29 is 14.0 Å². The predicted molar refractivity (Wildman–Crippen MR) is 87.0 cm³/mol. The van der Waals surface area contributed by atoms with Crippen LogP contribution >= 0.6 is 0 Å². The zero-order valence-electron chi connectivity index (χ0n) is 13.6. The van der Waals surface area contributed by atoms with E-state index in [1.807, 2.05) is 30.1 Å². The highest BCUT2D eigenvalue weighted by Gasteiger charge is 2.13. The first-order chi connectivity index (χ1) is 11.7. The lowest BCUT2D eigenvalue weighted by Gasteiger charge is -2.16. The molecule has 3 rings (SSSR count). The van der Waals surface area contributed by atoms with Crippen molar-refractivity contribution in [2.75, 3.05) is 26.2 Å². The molecule has 0 amide bonds. The Kier molecular flexibility index (Phi) is 4.55. The number of aromatic nitrogens is 4. The molecule has 0 aliphatic carbocycles. The molecule has 24 heavy (non-hydrogen) atoms. The van der Waals surface area contributed by atoms with Gasteiger partial charge in [0, 0.05) is 31.1 Å². The standard InChI is InChI=1S/C16H17N5O3/c1-21(16-18-14(22-2)9-15(19-16)23-3)10-12-8-13(20-24-12)11-4-6-17-7-5-11/h4-9H,10H2,1-3H3. The molecule has 3 heterocycles. The molecule has 0 N–H and O–H groups in total. The lowest BCUT2D eigenvalue weighted by molar-refractivity contribution is 0.369. The van der Waals surface area contributed by atoms with E-state index in [-0.39, 0.29) is 0 Å². The Bertz CT molecular complexity index is 784. The highest BCUT2D eigenvalue weighted by molar-refractivity contribution is 5.57. The van der Waals surface area contributed by atoms with Crippen molar-refractivity contribution in [3.8, 4) is 23.0 Å². The van der Waals surface area contributed by atoms with Gasteiger partial charge in [-0.1, -0.05) is 5.16 Å². The van der Waals surface area contributed by atoms with E-state index in [4.69, 9.17) is 14.0 Å². The second-order valence-electron chi connectivity index (χ2n) is 5.02. The number of nitrogens with zero attached hydrogens (tertiary/aromatic N) is 5. The van der Waals surface area contributed by atoms with Gasteiger partial charge in [-0.25, -0.2) is 0 Å². The fraction of sp³-hybridized carbons (Fsp3) is 0.250. The number of methoxy groups -OCH3 is 2. The van der Waals surface area contributed by atoms with E-state index >= 15 is 0 Å². The number of pyridine rings is 1. The van der Waals surface area contributed by atoms with E-state index in [9.17, 15) is 0 Å². The number of ether oxygens (including phenoxy) is 2. The average Bonchev–Trinajstić information content (AvgIpc) is 3.10. The summed E-state index contributed by atoms with van der Waals surface area (Å²) < 4.78 is 15.7. The summed E-state index contributed by atoms with van der Waals surface area (Å²) in [5.41, 5.74) is 1.70. The van der Waals surface area contributed by atoms with Crippen molar-refractivity contribution in [1.29, 1.82) is 0 Å². The maximum atomic E-state index is 5.39. The Morgan fingerprint density at radius 2 is 1.71 bits per heavy atom. The van der Waals surface area contributed by atoms with Gasteiger partial charge in [0.25, 0.3) is 0 Å². The van der Waals surface area contributed by atoms with Crippen molar-refractivity contribution in [2.45, 2.75) is 6.54 Å². The van der Waals surface area contributed by atoms with E-state index in [1.165, 1.54) is 0 Å². The van der Waals surface area contributed by atoms with E-state index in [1.54, 1.807) is 32.7 Å². The first kappa shape index (κ1) is 15.7. The van der Waals surface area contributed by atoms with E-state index in [2.05, 4.69) is 20.1 Å². The van der Waals surface area contributed by atoms with Crippen LogP contribution in [0.4, 0.5) is 5.95 Å². The van der Waals surface area contributed by atoms with Gasteiger partial charge in [0.1, 0.15) is 5.69 Å². The van der Waals surface area contributed by atoms with Gasteiger partial charge in [-0.3, -0.25) is 4.98 Å². The Hall–Kier alpha value is -3.16. The number of hydrogen-bond acceptors (Lipinski definition) is 8. The minimum absolute atomic E-state index is 0.429. The van der Waals surface area contributed by atoms with E-state index < -0.39 is 0 Å². The normalized spacial score (nSPS) is 10.5. The fourth-order valence-electron chi connectivity index (χ4n) is 2.12. The largest absolute Gasteiger partial charge is 0.481 e. The van der Waals surface area contributed by atoms with Crippen LogP contribution in [0.1, 0.15) is 5.76 Å². The van der Waals surface area contributed by atoms with Gasteiger partial charge in [0.2, 0.25) is 17.7 Å². The quantitative estimate of drug-likeness (QED) is 0.681. The molecule has 0 radical (unpaired) electrons. The molecule has 0 fully saturated rings. The van der Waals surface area contributed by atoms with Gasteiger partial charge in [0.15, 0.2) is 5.76 Å². The first-order valence-electron chi connectivity index (χ1n) is 7.24. The predicted octanol–water partition coefficient (Wildman–Crippen LogP) is 2.18. The second-order valence-corrected chi connectivity index (χ2v) is 5.02. The monoisotopic (exact) mass is 327 g/mol. The molecule has 8 nitrogen and oxygen atoms in total. The van der Waals surface area contributed by atoms with Crippen LogP contribution in [0.15, 0.2) is 41.2 Å². The van der Waals surface area contributed by atoms with Gasteiger partial charge < -0.3 is 18.9 Å². The van der Waals surface area contributed by atoms with Crippen LogP contribution in [0.3, 0.4) is 0 Å². The number of anilines is 1. The van der Waals surface area contributed by atoms with Crippen LogP contribution in [0.25, 0.3) is 11.3 Å². The molecule has 0 unspecified atom stereocenters. The topological polar surface area (TPSA) is 86.4 Å². The maximum Gasteiger partial charge on any atom is 0.232 e. The average molecular weight is 327 g/mol. The molecule has 124 valence electrons. The summed E-state index contributed by atoms with van der Waals surface area (Å²) in [7, 11) is 4.94. The van der Waals surface area contributed by atoms with Crippen molar-refractivity contribution in [3.63, 3.8) is 0 Å². The zero-order valence-corrected chi connectivity index (χ0v) is 13.6. The summed E-state index contributed by atoms with van der Waals surface area (Å²) in [6.07, 6.45) is 3.43. The molecule has 0 saturated carbocycles. The first-order valence-corrected chi connectivity index (χ1v) is 7.24. The summed E-state index contributed by atoms with van der Waals surface area (Å²) in [5, 5.41) is 4.08. The molecule has 3 aromatic rings. The molecule has 0 aromatic carbocycles. The molecule has 3 aromatic heterocycles. The molecule has 0 spiro atoms. The van der Waals surface area contributed by atoms with E-state index in [0.717, 1.165) is 11.3 Å². The molecule has 8 heteroatoms. The highest BCUT2D eigenvalue weighted by Crippen LogP contribution is 2.22. The summed E-state index contributed by atoms with van der Waals surface area (Å²) in [5.74, 6) is 2.01. The summed E-state index contributed by atoms with van der Waals surface area (Å²) in [6, 6.07) is 7.25. The Morgan fingerprint density at radius 3 is 2.33 bits per heavy atom. The molecule has 0 aliphatic rings. The van der Waals surface area contributed by atoms with Crippen molar-refractivity contribution >= 4 is 5.95 Å². The van der Waals surface area contributed by atoms with Crippen LogP contribution in [-0.2, 0) is 6.54 Å². The van der Waals surface area contributed by atoms with Gasteiger partial charge >= 0.3 is 0 Å². The molecule has 0 atom stereocenters. The summed E-state index contributed by atoms with van der Waals surface area (Å²) >= 11 is 0. The lowest BCUT2D eigenvalue weighted by atomic mass is 10.2. The number of hydrogen-bond donors (Lipinski definition) is 0. The van der Waals surface area contributed by atoms with Gasteiger partial charge in [0.05, 0.1) is 26.8 Å². The van der Waals surface area contributed by atoms with Crippen molar-refractivity contribution in [1.82, 2.24) is 20.1 Å². The minimum atomic E-state index is 0.429. The van der Waals surface area contributed by atoms with Crippen LogP contribution in [-0.4, -0.2) is 41.4 Å². The Balaban J connectivity index is 1.78. The van der Waals surface area contributed by atoms with Gasteiger partial charge in [-0.2, -0.15) is 9.97 Å². The molecule has 0 aliphatic heterocycles. The van der Waals surface area contributed by atoms with Gasteiger partial charge in [-0.05, 0) is 12.1 Å². The van der Waals surface area contributed by atoms with E-state index in [0.29, 0.717) is 30.0 Å².